The molecule has 5 rings (SSSR count). The Morgan fingerprint density at radius 1 is 1.19 bits per heavy atom. The van der Waals surface area contributed by atoms with Crippen molar-refractivity contribution in [2.45, 2.75) is 74.8 Å². The first-order valence-electron chi connectivity index (χ1n) is 16.4. The normalized spacial score (nSPS) is 26.8. The van der Waals surface area contributed by atoms with Crippen molar-refractivity contribution in [3.8, 4) is 0 Å². The molecule has 3 aliphatic rings. The molecule has 3 fully saturated rings. The number of esters is 1. The number of allylic oxidation sites excluding steroid dienone is 1. The van der Waals surface area contributed by atoms with Gasteiger partial charge in [0.1, 0.15) is 17.7 Å². The van der Waals surface area contributed by atoms with Crippen LogP contribution in [-0.4, -0.2) is 82.1 Å². The lowest BCUT2D eigenvalue weighted by Gasteiger charge is -2.39. The number of carbonyl (C=O) groups is 4. The van der Waals surface area contributed by atoms with Gasteiger partial charge in [0, 0.05) is 23.5 Å². The molecule has 11 heteroatoms. The summed E-state index contributed by atoms with van der Waals surface area (Å²) in [6, 6.07) is 12.8. The summed E-state index contributed by atoms with van der Waals surface area (Å²) in [6.45, 7) is 12.9. The average Bonchev–Trinajstić information content (AvgIpc) is 3.67. The van der Waals surface area contributed by atoms with Crippen LogP contribution in [0.2, 0.25) is 0 Å². The third-order valence-electron chi connectivity index (χ3n) is 9.64. The van der Waals surface area contributed by atoms with Crippen LogP contribution in [0.15, 0.2) is 73.8 Å². The third-order valence-corrected chi connectivity index (χ3v) is 10.5. The number of ether oxygens (including phenoxy) is 2. The van der Waals surface area contributed by atoms with E-state index in [4.69, 9.17) is 9.47 Å². The molecule has 0 saturated carbocycles. The summed E-state index contributed by atoms with van der Waals surface area (Å²) < 4.78 is 12.5. The minimum atomic E-state index is -1.38. The average molecular weight is 723 g/mol. The van der Waals surface area contributed by atoms with Gasteiger partial charge in [-0.15, -0.1) is 13.2 Å². The molecule has 2 N–H and O–H groups in total. The zero-order valence-electron chi connectivity index (χ0n) is 27.6. The smallest absolute Gasteiger partial charge is 0.312 e. The second-order valence-electron chi connectivity index (χ2n) is 12.9. The molecule has 1 unspecified atom stereocenters. The number of carbonyl (C=O) groups excluding carboxylic acids is 4. The molecule has 0 radical (unpaired) electrons. The first-order valence-corrected chi connectivity index (χ1v) is 17.3. The number of fused-ring (bicyclic) bond motifs is 1. The lowest BCUT2D eigenvalue weighted by atomic mass is 9.70. The summed E-state index contributed by atoms with van der Waals surface area (Å²) in [5.41, 5.74) is 1.77. The molecule has 1 spiro atoms. The van der Waals surface area contributed by atoms with E-state index < -0.39 is 60.2 Å². The number of nitrogens with one attached hydrogen (secondary N) is 1. The second-order valence-corrected chi connectivity index (χ2v) is 14.1. The van der Waals surface area contributed by atoms with Gasteiger partial charge in [0.25, 0.3) is 5.91 Å². The molecular formula is C37H44BrN3O7. The highest BCUT2D eigenvalue weighted by molar-refractivity contribution is 9.09. The van der Waals surface area contributed by atoms with Crippen LogP contribution in [0.3, 0.4) is 0 Å². The molecule has 48 heavy (non-hydrogen) atoms. The van der Waals surface area contributed by atoms with Crippen LogP contribution < -0.4 is 10.2 Å². The zero-order valence-corrected chi connectivity index (χ0v) is 29.2. The van der Waals surface area contributed by atoms with E-state index in [0.717, 1.165) is 11.1 Å². The second kappa shape index (κ2) is 14.8. The quantitative estimate of drug-likeness (QED) is 0.169. The number of hydrogen-bond donors (Lipinski definition) is 2. The number of aliphatic hydroxyl groups excluding tert-OH is 1. The molecule has 3 aliphatic heterocycles. The van der Waals surface area contributed by atoms with Crippen molar-refractivity contribution in [1.82, 2.24) is 10.2 Å². The van der Waals surface area contributed by atoms with Gasteiger partial charge in [-0.05, 0) is 56.4 Å². The standard InChI is InChI=1S/C37H44BrN3O7/c1-6-8-14-29(43)39-20-24(5)47-36(46)30-31-34(44)41(28(21-42)25-12-10-9-11-13-25)33(37(31)19-26(38)32(30)48-37)35(45)40(17-7-2)27-18-22(3)15-16-23(27)4/h6-7,9-13,15-16,18,24,26,28,30-33,42H,1-2,8,14,17,19-21H2,3-5H3,(H,39,43)/t24-,26?,28+,30-,31+,32-,33-,37+/m0/s1. The van der Waals surface area contributed by atoms with Gasteiger partial charge >= 0.3 is 5.97 Å². The maximum Gasteiger partial charge on any atom is 0.312 e. The Balaban J connectivity index is 1.55. The molecule has 2 bridgehead atoms. The highest BCUT2D eigenvalue weighted by Crippen LogP contribution is 2.61. The highest BCUT2D eigenvalue weighted by atomic mass is 79.9. The first-order chi connectivity index (χ1) is 23.0. The summed E-state index contributed by atoms with van der Waals surface area (Å²) in [4.78, 5) is 58.6. The molecule has 0 aromatic heterocycles. The van der Waals surface area contributed by atoms with Crippen LogP contribution in [0.4, 0.5) is 5.69 Å². The number of amides is 3. The molecule has 3 saturated heterocycles. The minimum Gasteiger partial charge on any atom is -0.460 e. The molecule has 256 valence electrons. The van der Waals surface area contributed by atoms with Gasteiger partial charge in [0.15, 0.2) is 0 Å². The number of halogens is 1. The summed E-state index contributed by atoms with van der Waals surface area (Å²) in [5, 5.41) is 13.6. The van der Waals surface area contributed by atoms with Crippen LogP contribution in [0, 0.1) is 25.7 Å². The predicted octanol–water partition coefficient (Wildman–Crippen LogP) is 4.32. The Morgan fingerprint density at radius 3 is 2.58 bits per heavy atom. The minimum absolute atomic E-state index is 0.0989. The van der Waals surface area contributed by atoms with Crippen LogP contribution in [0.1, 0.15) is 48.9 Å². The van der Waals surface area contributed by atoms with E-state index in [-0.39, 0.29) is 36.2 Å². The van der Waals surface area contributed by atoms with Crippen LogP contribution in [0.25, 0.3) is 0 Å². The van der Waals surface area contributed by atoms with E-state index in [1.165, 1.54) is 4.90 Å². The summed E-state index contributed by atoms with van der Waals surface area (Å²) in [7, 11) is 0. The summed E-state index contributed by atoms with van der Waals surface area (Å²) in [5.74, 6) is -3.72. The first kappa shape index (κ1) is 35.5. The van der Waals surface area contributed by atoms with Crippen LogP contribution in [-0.2, 0) is 28.7 Å². The van der Waals surface area contributed by atoms with E-state index in [9.17, 15) is 19.5 Å². The van der Waals surface area contributed by atoms with Crippen molar-refractivity contribution in [2.24, 2.45) is 11.8 Å². The van der Waals surface area contributed by atoms with Crippen LogP contribution in [0.5, 0.6) is 0 Å². The fourth-order valence-electron chi connectivity index (χ4n) is 7.47. The molecule has 2 aromatic carbocycles. The maximum absolute atomic E-state index is 15.1. The Labute approximate surface area is 290 Å². The van der Waals surface area contributed by atoms with Gasteiger partial charge in [-0.1, -0.05) is 70.5 Å². The fraction of sp³-hybridized carbons (Fsp3) is 0.459. The lowest BCUT2D eigenvalue weighted by molar-refractivity contribution is -0.159. The van der Waals surface area contributed by atoms with Gasteiger partial charge < -0.3 is 29.7 Å². The molecule has 0 aliphatic carbocycles. The monoisotopic (exact) mass is 721 g/mol. The number of anilines is 1. The molecule has 2 aromatic rings. The lowest BCUT2D eigenvalue weighted by Crippen LogP contribution is -2.57. The SMILES string of the molecule is C=CCCC(=O)NC[C@H](C)OC(=O)[C@@H]1[C@H]2O[C@@]3(CC2Br)[C@H](C(=O)N(CC=C)c2cc(C)ccc2C)N([C@H](CO)c2ccccc2)C(=O)[C@@H]13. The van der Waals surface area contributed by atoms with Gasteiger partial charge in [0.05, 0.1) is 37.1 Å². The number of aryl methyl sites for hydroxylation is 2. The van der Waals surface area contributed by atoms with E-state index in [1.54, 1.807) is 36.1 Å². The molecule has 10 nitrogen and oxygen atoms in total. The third kappa shape index (κ3) is 6.47. The van der Waals surface area contributed by atoms with Crippen molar-refractivity contribution in [2.75, 3.05) is 24.6 Å². The van der Waals surface area contributed by atoms with Gasteiger partial charge in [-0.2, -0.15) is 0 Å². The summed E-state index contributed by atoms with van der Waals surface area (Å²) in [6.07, 6.45) is 2.98. The van der Waals surface area contributed by atoms with Crippen molar-refractivity contribution < 1.29 is 33.8 Å². The maximum atomic E-state index is 15.1. The molecule has 3 heterocycles. The highest BCUT2D eigenvalue weighted by Gasteiger charge is 2.77. The Hall–Kier alpha value is -3.80. The van der Waals surface area contributed by atoms with Gasteiger partial charge in [-0.25, -0.2) is 0 Å². The van der Waals surface area contributed by atoms with Crippen molar-refractivity contribution in [1.29, 1.82) is 0 Å². The fourth-order valence-corrected chi connectivity index (χ4v) is 8.42. The van der Waals surface area contributed by atoms with Crippen molar-refractivity contribution in [3.05, 3.63) is 90.5 Å². The van der Waals surface area contributed by atoms with Crippen LogP contribution >= 0.6 is 15.9 Å². The Morgan fingerprint density at radius 2 is 1.92 bits per heavy atom. The number of rotatable bonds is 14. The van der Waals surface area contributed by atoms with E-state index in [0.29, 0.717) is 24.1 Å². The summed E-state index contributed by atoms with van der Waals surface area (Å²) >= 11 is 3.71. The van der Waals surface area contributed by atoms with Gasteiger partial charge in [-0.3, -0.25) is 19.2 Å². The molecular weight excluding hydrogens is 678 g/mol. The Bertz CT molecular complexity index is 1570. The van der Waals surface area contributed by atoms with Crippen molar-refractivity contribution in [3.63, 3.8) is 0 Å². The van der Waals surface area contributed by atoms with E-state index >= 15 is 4.79 Å². The molecule has 8 atom stereocenters. The number of alkyl halides is 1. The number of likely N-dealkylation sites (tertiary alicyclic amines) is 1. The predicted molar refractivity (Wildman–Crippen MR) is 185 cm³/mol. The number of aliphatic hydroxyl groups is 1. The number of benzene rings is 2. The van der Waals surface area contributed by atoms with E-state index in [1.807, 2.05) is 50.2 Å². The Kier molecular flexibility index (Phi) is 10.9. The zero-order chi connectivity index (χ0) is 34.7. The number of hydrogen-bond acceptors (Lipinski definition) is 7. The van der Waals surface area contributed by atoms with Gasteiger partial charge in [0.2, 0.25) is 11.8 Å². The van der Waals surface area contributed by atoms with E-state index in [2.05, 4.69) is 34.4 Å². The number of nitrogens with zero attached hydrogens (tertiary/aromatic N) is 2. The van der Waals surface area contributed by atoms with Crippen molar-refractivity contribution >= 4 is 45.3 Å². The topological polar surface area (TPSA) is 125 Å². The molecule has 3 amide bonds. The largest absolute Gasteiger partial charge is 0.460 e.